The molecule has 6 nitrogen and oxygen atoms in total. The summed E-state index contributed by atoms with van der Waals surface area (Å²) in [5.74, 6) is 0.415. The number of nitrogens with one attached hydrogen (secondary N) is 1. The van der Waals surface area contributed by atoms with E-state index in [1.165, 1.54) is 0 Å². The Hall–Kier alpha value is -2.47. The van der Waals surface area contributed by atoms with Crippen molar-refractivity contribution in [3.05, 3.63) is 54.0 Å². The fraction of sp³-hybridized carbons (Fsp3) is 0.389. The average Bonchev–Trinajstić information content (AvgIpc) is 2.64. The van der Waals surface area contributed by atoms with Crippen LogP contribution in [0.2, 0.25) is 0 Å². The maximum atomic E-state index is 12.5. The van der Waals surface area contributed by atoms with Crippen molar-refractivity contribution >= 4 is 5.91 Å². The van der Waals surface area contributed by atoms with Gasteiger partial charge in [0, 0.05) is 36.1 Å². The first-order valence-corrected chi connectivity index (χ1v) is 8.17. The van der Waals surface area contributed by atoms with Gasteiger partial charge in [0.15, 0.2) is 0 Å². The van der Waals surface area contributed by atoms with Crippen LogP contribution in [-0.2, 0) is 11.2 Å². The normalized spacial score (nSPS) is 20.4. The molecular weight excluding hydrogens is 306 g/mol. The van der Waals surface area contributed by atoms with Gasteiger partial charge in [-0.1, -0.05) is 13.0 Å². The molecule has 0 radical (unpaired) electrons. The Morgan fingerprint density at radius 3 is 3.04 bits per heavy atom. The molecule has 1 amide bonds. The lowest BCUT2D eigenvalue weighted by atomic mass is 10.1. The third kappa shape index (κ3) is 4.08. The third-order valence-corrected chi connectivity index (χ3v) is 3.96. The maximum absolute atomic E-state index is 12.5. The Bertz CT molecular complexity index is 678. The van der Waals surface area contributed by atoms with Crippen molar-refractivity contribution in [2.45, 2.75) is 31.9 Å². The molecule has 2 aromatic heterocycles. The second-order valence-corrected chi connectivity index (χ2v) is 5.66. The summed E-state index contributed by atoms with van der Waals surface area (Å²) in [5, 5.41) is 3.01. The lowest BCUT2D eigenvalue weighted by Gasteiger charge is -2.32. The molecule has 0 bridgehead atoms. The molecule has 2 atom stereocenters. The van der Waals surface area contributed by atoms with Gasteiger partial charge in [-0.15, -0.1) is 0 Å². The molecule has 1 saturated heterocycles. The highest BCUT2D eigenvalue weighted by Crippen LogP contribution is 2.16. The summed E-state index contributed by atoms with van der Waals surface area (Å²) in [6.45, 7) is 3.05. The smallest absolute Gasteiger partial charge is 0.251 e. The van der Waals surface area contributed by atoms with E-state index in [0.717, 1.165) is 12.1 Å². The minimum absolute atomic E-state index is 0.141. The summed E-state index contributed by atoms with van der Waals surface area (Å²) in [7, 11) is 0. The predicted molar refractivity (Wildman–Crippen MR) is 89.0 cm³/mol. The summed E-state index contributed by atoms with van der Waals surface area (Å²) in [6.07, 6.45) is 4.68. The lowest BCUT2D eigenvalue weighted by Crippen LogP contribution is -2.51. The fourth-order valence-corrected chi connectivity index (χ4v) is 2.63. The second-order valence-electron chi connectivity index (χ2n) is 5.66. The molecule has 0 spiro atoms. The zero-order chi connectivity index (χ0) is 16.8. The maximum Gasteiger partial charge on any atom is 0.251 e. The Labute approximate surface area is 141 Å². The summed E-state index contributed by atoms with van der Waals surface area (Å²) >= 11 is 0. The van der Waals surface area contributed by atoms with E-state index in [2.05, 4.69) is 15.3 Å². The quantitative estimate of drug-likeness (QED) is 0.909. The first kappa shape index (κ1) is 16.4. The number of amides is 1. The van der Waals surface area contributed by atoms with E-state index in [1.54, 1.807) is 18.5 Å². The Morgan fingerprint density at radius 2 is 2.25 bits per heavy atom. The van der Waals surface area contributed by atoms with Crippen molar-refractivity contribution in [1.29, 1.82) is 0 Å². The van der Waals surface area contributed by atoms with Gasteiger partial charge in [0.2, 0.25) is 5.88 Å². The second kappa shape index (κ2) is 7.88. The monoisotopic (exact) mass is 327 g/mol. The van der Waals surface area contributed by atoms with E-state index < -0.39 is 0 Å². The topological polar surface area (TPSA) is 73.3 Å². The van der Waals surface area contributed by atoms with Crippen LogP contribution in [0.4, 0.5) is 0 Å². The van der Waals surface area contributed by atoms with Crippen LogP contribution < -0.4 is 10.1 Å². The minimum Gasteiger partial charge on any atom is -0.472 e. The fourth-order valence-electron chi connectivity index (χ4n) is 2.63. The van der Waals surface area contributed by atoms with Gasteiger partial charge < -0.3 is 14.8 Å². The first-order valence-electron chi connectivity index (χ1n) is 8.17. The molecule has 0 unspecified atom stereocenters. The Kier molecular flexibility index (Phi) is 5.38. The van der Waals surface area contributed by atoms with Crippen molar-refractivity contribution in [1.82, 2.24) is 15.3 Å². The van der Waals surface area contributed by atoms with Crippen LogP contribution in [0.15, 0.2) is 42.7 Å². The summed E-state index contributed by atoms with van der Waals surface area (Å²) in [5.41, 5.74) is 1.49. The van der Waals surface area contributed by atoms with Crippen LogP contribution in [0.25, 0.3) is 0 Å². The first-order chi connectivity index (χ1) is 11.8. The van der Waals surface area contributed by atoms with Crippen LogP contribution >= 0.6 is 0 Å². The number of pyridine rings is 2. The highest BCUT2D eigenvalue weighted by molar-refractivity contribution is 5.94. The van der Waals surface area contributed by atoms with E-state index in [1.807, 2.05) is 31.2 Å². The van der Waals surface area contributed by atoms with Gasteiger partial charge in [0.25, 0.3) is 5.91 Å². The summed E-state index contributed by atoms with van der Waals surface area (Å²) < 4.78 is 11.4. The number of carbonyl (C=O) groups excluding carboxylic acids is 1. The molecule has 1 aliphatic rings. The van der Waals surface area contributed by atoms with Gasteiger partial charge in [-0.25, -0.2) is 4.98 Å². The van der Waals surface area contributed by atoms with Crippen molar-refractivity contribution in [2.75, 3.05) is 13.2 Å². The standard InChI is InChI=1S/C18H21N3O3/c1-2-14-11-13(6-9-19-14)18(22)21-15-12-23-10-7-16(15)24-17-5-3-4-8-20-17/h3-6,8-9,11,15-16H,2,7,10,12H2,1H3,(H,21,22)/t15-,16-/m1/s1. The highest BCUT2D eigenvalue weighted by atomic mass is 16.5. The van der Waals surface area contributed by atoms with Crippen LogP contribution in [0.1, 0.15) is 29.4 Å². The SMILES string of the molecule is CCc1cc(C(=O)N[C@@H]2COCC[C@H]2Oc2ccccn2)ccn1. The molecular formula is C18H21N3O3. The highest BCUT2D eigenvalue weighted by Gasteiger charge is 2.29. The number of hydrogen-bond acceptors (Lipinski definition) is 5. The molecule has 2 aromatic rings. The van der Waals surface area contributed by atoms with Gasteiger partial charge in [-0.2, -0.15) is 0 Å². The molecule has 3 heterocycles. The number of rotatable bonds is 5. The molecule has 0 aromatic carbocycles. The van der Waals surface area contributed by atoms with Crippen LogP contribution in [0.3, 0.4) is 0 Å². The van der Waals surface area contributed by atoms with Crippen molar-refractivity contribution in [3.63, 3.8) is 0 Å². The zero-order valence-corrected chi connectivity index (χ0v) is 13.6. The van der Waals surface area contributed by atoms with Crippen LogP contribution in [0, 0.1) is 0 Å². The van der Waals surface area contributed by atoms with Gasteiger partial charge in [0.05, 0.1) is 19.3 Å². The van der Waals surface area contributed by atoms with Crippen molar-refractivity contribution < 1.29 is 14.3 Å². The number of carbonyl (C=O) groups is 1. The molecule has 6 heteroatoms. The van der Waals surface area contributed by atoms with Crippen molar-refractivity contribution in [3.8, 4) is 5.88 Å². The van der Waals surface area contributed by atoms with Gasteiger partial charge in [-0.3, -0.25) is 9.78 Å². The number of aromatic nitrogens is 2. The third-order valence-electron chi connectivity index (χ3n) is 3.96. The van der Waals surface area contributed by atoms with E-state index in [0.29, 0.717) is 31.1 Å². The summed E-state index contributed by atoms with van der Waals surface area (Å²) in [6, 6.07) is 8.83. The molecule has 24 heavy (non-hydrogen) atoms. The molecule has 3 rings (SSSR count). The van der Waals surface area contributed by atoms with E-state index >= 15 is 0 Å². The van der Waals surface area contributed by atoms with E-state index in [4.69, 9.17) is 9.47 Å². The number of nitrogens with zero attached hydrogens (tertiary/aromatic N) is 2. The number of ether oxygens (including phenoxy) is 2. The van der Waals surface area contributed by atoms with E-state index in [-0.39, 0.29) is 18.1 Å². The predicted octanol–water partition coefficient (Wildman–Crippen LogP) is 2.01. The molecule has 126 valence electrons. The molecule has 1 aliphatic heterocycles. The van der Waals surface area contributed by atoms with Gasteiger partial charge in [0.1, 0.15) is 6.10 Å². The van der Waals surface area contributed by atoms with Crippen molar-refractivity contribution in [2.24, 2.45) is 0 Å². The zero-order valence-electron chi connectivity index (χ0n) is 13.6. The molecule has 0 aliphatic carbocycles. The Morgan fingerprint density at radius 1 is 1.33 bits per heavy atom. The summed E-state index contributed by atoms with van der Waals surface area (Å²) in [4.78, 5) is 20.9. The Balaban J connectivity index is 1.67. The van der Waals surface area contributed by atoms with E-state index in [9.17, 15) is 4.79 Å². The largest absolute Gasteiger partial charge is 0.472 e. The number of aryl methyl sites for hydroxylation is 1. The van der Waals surface area contributed by atoms with Gasteiger partial charge >= 0.3 is 0 Å². The molecule has 1 N–H and O–H groups in total. The lowest BCUT2D eigenvalue weighted by molar-refractivity contribution is -0.00448. The average molecular weight is 327 g/mol. The van der Waals surface area contributed by atoms with Gasteiger partial charge in [-0.05, 0) is 24.6 Å². The molecule has 1 fully saturated rings. The number of hydrogen-bond donors (Lipinski definition) is 1. The van der Waals surface area contributed by atoms with Crippen LogP contribution in [-0.4, -0.2) is 41.2 Å². The van der Waals surface area contributed by atoms with Crippen LogP contribution in [0.5, 0.6) is 5.88 Å². The minimum atomic E-state index is -0.216. The molecule has 0 saturated carbocycles.